The lowest BCUT2D eigenvalue weighted by atomic mass is 10.0. The van der Waals surface area contributed by atoms with E-state index >= 15 is 0 Å². The Morgan fingerprint density at radius 2 is 1.96 bits per heavy atom. The summed E-state index contributed by atoms with van der Waals surface area (Å²) in [5.74, 6) is 1.22. The van der Waals surface area contributed by atoms with E-state index in [0.717, 1.165) is 49.3 Å². The summed E-state index contributed by atoms with van der Waals surface area (Å²) in [6.45, 7) is 2.77. The number of allylic oxidation sites excluding steroid dienone is 2. The molecule has 0 aromatic rings. The maximum atomic E-state index is 12.2. The van der Waals surface area contributed by atoms with Crippen LogP contribution < -0.4 is 0 Å². The average Bonchev–Trinajstić information content (AvgIpc) is 2.57. The van der Waals surface area contributed by atoms with E-state index in [1.807, 2.05) is 11.0 Å². The Morgan fingerprint density at radius 3 is 2.68 bits per heavy atom. The lowest BCUT2D eigenvalue weighted by molar-refractivity contribution is -0.137. The third-order valence-electron chi connectivity index (χ3n) is 4.23. The molecular formula is C19H31NO4S. The van der Waals surface area contributed by atoms with E-state index in [4.69, 9.17) is 5.11 Å². The van der Waals surface area contributed by atoms with Crippen LogP contribution in [0.2, 0.25) is 0 Å². The van der Waals surface area contributed by atoms with Crippen LogP contribution in [0.5, 0.6) is 0 Å². The molecule has 0 atom stereocenters. The van der Waals surface area contributed by atoms with Crippen LogP contribution in [0.1, 0.15) is 71.1 Å². The normalized spacial score (nSPS) is 16.4. The summed E-state index contributed by atoms with van der Waals surface area (Å²) in [6, 6.07) is 0. The van der Waals surface area contributed by atoms with E-state index in [1.165, 1.54) is 0 Å². The molecule has 6 heteroatoms. The van der Waals surface area contributed by atoms with Gasteiger partial charge >= 0.3 is 5.97 Å². The topological polar surface area (TPSA) is 74.7 Å². The number of piperidine rings is 1. The van der Waals surface area contributed by atoms with Gasteiger partial charge in [-0.25, -0.2) is 0 Å². The summed E-state index contributed by atoms with van der Waals surface area (Å²) in [7, 11) is 0. The monoisotopic (exact) mass is 369 g/mol. The van der Waals surface area contributed by atoms with Crippen molar-refractivity contribution in [2.75, 3.05) is 18.1 Å². The number of nitrogens with zero attached hydrogens (tertiary/aromatic N) is 1. The number of carbonyl (C=O) groups excluding carboxylic acids is 2. The third kappa shape index (κ3) is 9.68. The van der Waals surface area contributed by atoms with Crippen molar-refractivity contribution >= 4 is 29.4 Å². The molecule has 1 amide bonds. The minimum absolute atomic E-state index is 0.141. The van der Waals surface area contributed by atoms with Crippen LogP contribution in [0.3, 0.4) is 0 Å². The summed E-state index contributed by atoms with van der Waals surface area (Å²) in [5.41, 5.74) is 0.992. The van der Waals surface area contributed by atoms with Crippen molar-refractivity contribution in [3.05, 3.63) is 11.8 Å². The molecule has 1 N–H and O–H groups in total. The first kappa shape index (κ1) is 21.7. The van der Waals surface area contributed by atoms with Crippen LogP contribution in [0, 0.1) is 0 Å². The number of unbranched alkanes of at least 4 members (excludes halogenated alkanes) is 2. The van der Waals surface area contributed by atoms with E-state index in [0.29, 0.717) is 32.2 Å². The Morgan fingerprint density at radius 1 is 1.16 bits per heavy atom. The number of aliphatic carboxylic acids is 1. The van der Waals surface area contributed by atoms with E-state index in [2.05, 4.69) is 6.92 Å². The van der Waals surface area contributed by atoms with Gasteiger partial charge in [-0.2, -0.15) is 11.8 Å². The molecule has 0 aliphatic carbocycles. The van der Waals surface area contributed by atoms with Gasteiger partial charge in [-0.15, -0.1) is 0 Å². The van der Waals surface area contributed by atoms with Gasteiger partial charge < -0.3 is 10.0 Å². The number of likely N-dealkylation sites (tertiary alicyclic amines) is 1. The van der Waals surface area contributed by atoms with Gasteiger partial charge in [0.2, 0.25) is 5.91 Å². The zero-order chi connectivity index (χ0) is 18.5. The van der Waals surface area contributed by atoms with Gasteiger partial charge in [0.15, 0.2) is 0 Å². The van der Waals surface area contributed by atoms with Crippen molar-refractivity contribution in [1.29, 1.82) is 0 Å². The lowest BCUT2D eigenvalue weighted by Gasteiger charge is -2.30. The number of amides is 1. The first-order valence-electron chi connectivity index (χ1n) is 9.35. The fraction of sp³-hybridized carbons (Fsp3) is 0.737. The van der Waals surface area contributed by atoms with E-state index in [-0.39, 0.29) is 18.1 Å². The van der Waals surface area contributed by atoms with Crippen molar-refractivity contribution in [1.82, 2.24) is 4.90 Å². The Labute approximate surface area is 155 Å². The van der Waals surface area contributed by atoms with E-state index < -0.39 is 5.97 Å². The molecule has 1 rings (SSSR count). The van der Waals surface area contributed by atoms with Crippen LogP contribution in [0.15, 0.2) is 11.8 Å². The summed E-state index contributed by atoms with van der Waals surface area (Å²) in [5, 5.41) is 8.62. The summed E-state index contributed by atoms with van der Waals surface area (Å²) in [6.07, 6.45) is 9.30. The van der Waals surface area contributed by atoms with Crippen LogP contribution >= 0.6 is 11.8 Å². The molecular weight excluding hydrogens is 338 g/mol. The van der Waals surface area contributed by atoms with Gasteiger partial charge in [0.25, 0.3) is 0 Å². The average molecular weight is 370 g/mol. The molecule has 1 aliphatic rings. The van der Waals surface area contributed by atoms with Gasteiger partial charge in [-0.05, 0) is 31.4 Å². The SMILES string of the molecule is CCCCCC(=O)CC=C1CCCC(=O)N1CCSCCCC(=O)O. The molecule has 5 nitrogen and oxygen atoms in total. The van der Waals surface area contributed by atoms with Crippen molar-refractivity contribution < 1.29 is 19.5 Å². The molecule has 142 valence electrons. The van der Waals surface area contributed by atoms with Gasteiger partial charge in [0.05, 0.1) is 0 Å². The second kappa shape index (κ2) is 13.0. The standard InChI is InChI=1S/C19H31NO4S/c1-2-3-4-8-17(21)12-11-16-7-5-9-18(22)20(16)13-15-25-14-6-10-19(23)24/h11H,2-10,12-15H2,1H3,(H,23,24). The fourth-order valence-electron chi connectivity index (χ4n) is 2.82. The Hall–Kier alpha value is -1.30. The predicted molar refractivity (Wildman–Crippen MR) is 102 cm³/mol. The first-order chi connectivity index (χ1) is 12.0. The fourth-order valence-corrected chi connectivity index (χ4v) is 3.68. The Balaban J connectivity index is 2.39. The van der Waals surface area contributed by atoms with Gasteiger partial charge in [0.1, 0.15) is 5.78 Å². The summed E-state index contributed by atoms with van der Waals surface area (Å²) in [4.78, 5) is 36.4. The number of hydrogen-bond acceptors (Lipinski definition) is 4. The highest BCUT2D eigenvalue weighted by molar-refractivity contribution is 7.99. The predicted octanol–water partition coefficient (Wildman–Crippen LogP) is 4.02. The molecule has 25 heavy (non-hydrogen) atoms. The first-order valence-corrected chi connectivity index (χ1v) is 10.5. The number of thioether (sulfide) groups is 1. The molecule has 0 radical (unpaired) electrons. The largest absolute Gasteiger partial charge is 0.481 e. The Bertz CT molecular complexity index is 476. The molecule has 0 aromatic heterocycles. The highest BCUT2D eigenvalue weighted by Crippen LogP contribution is 2.23. The number of carboxylic acid groups (broad SMARTS) is 1. The maximum absolute atomic E-state index is 12.2. The summed E-state index contributed by atoms with van der Waals surface area (Å²) >= 11 is 1.68. The second-order valence-electron chi connectivity index (χ2n) is 6.40. The van der Waals surface area contributed by atoms with E-state index in [9.17, 15) is 14.4 Å². The smallest absolute Gasteiger partial charge is 0.303 e. The molecule has 1 saturated heterocycles. The molecule has 1 aliphatic heterocycles. The molecule has 0 aromatic carbocycles. The zero-order valence-corrected chi connectivity index (χ0v) is 16.1. The Kier molecular flexibility index (Phi) is 11.3. The number of ketones is 1. The van der Waals surface area contributed by atoms with Gasteiger partial charge in [-0.1, -0.05) is 25.8 Å². The van der Waals surface area contributed by atoms with Crippen LogP contribution in [0.25, 0.3) is 0 Å². The quantitative estimate of drug-likeness (QED) is 0.496. The molecule has 0 saturated carbocycles. The second-order valence-corrected chi connectivity index (χ2v) is 7.63. The minimum Gasteiger partial charge on any atom is -0.481 e. The summed E-state index contributed by atoms with van der Waals surface area (Å²) < 4.78 is 0. The molecule has 1 fully saturated rings. The van der Waals surface area contributed by atoms with E-state index in [1.54, 1.807) is 11.8 Å². The number of hydrogen-bond donors (Lipinski definition) is 1. The zero-order valence-electron chi connectivity index (χ0n) is 15.3. The molecule has 0 spiro atoms. The highest BCUT2D eigenvalue weighted by atomic mass is 32.2. The molecule has 0 bridgehead atoms. The van der Waals surface area contributed by atoms with Crippen LogP contribution in [-0.4, -0.2) is 45.7 Å². The minimum atomic E-state index is -0.763. The number of carboxylic acids is 1. The highest BCUT2D eigenvalue weighted by Gasteiger charge is 2.22. The van der Waals surface area contributed by atoms with Gasteiger partial charge in [0, 0.05) is 43.7 Å². The lowest BCUT2D eigenvalue weighted by Crippen LogP contribution is -2.35. The van der Waals surface area contributed by atoms with Crippen molar-refractivity contribution in [2.24, 2.45) is 0 Å². The van der Waals surface area contributed by atoms with Crippen LogP contribution in [-0.2, 0) is 14.4 Å². The van der Waals surface area contributed by atoms with Gasteiger partial charge in [-0.3, -0.25) is 14.4 Å². The maximum Gasteiger partial charge on any atom is 0.303 e. The number of rotatable bonds is 13. The molecule has 1 heterocycles. The van der Waals surface area contributed by atoms with Crippen molar-refractivity contribution in [3.8, 4) is 0 Å². The van der Waals surface area contributed by atoms with Crippen LogP contribution in [0.4, 0.5) is 0 Å². The third-order valence-corrected chi connectivity index (χ3v) is 5.28. The van der Waals surface area contributed by atoms with Crippen molar-refractivity contribution in [3.63, 3.8) is 0 Å². The number of Topliss-reactive ketones (excluding diaryl/α,β-unsaturated/α-hetero) is 1. The molecule has 0 unspecified atom stereocenters. The number of carbonyl (C=O) groups is 3. The van der Waals surface area contributed by atoms with Crippen molar-refractivity contribution in [2.45, 2.75) is 71.1 Å².